The molecule has 0 unspecified atom stereocenters. The maximum atomic E-state index is 6.15. The summed E-state index contributed by atoms with van der Waals surface area (Å²) in [6.07, 6.45) is 0. The highest BCUT2D eigenvalue weighted by atomic mass is 32.3. The van der Waals surface area contributed by atoms with Crippen molar-refractivity contribution in [3.05, 3.63) is 85.0 Å². The lowest BCUT2D eigenvalue weighted by Gasteiger charge is -2.29. The SMILES string of the molecule is CNCC(C)(C)c1[nH]c(C(C)(C)c2[nH]c(C(C)(C)c3[nH]c(C(C)(C)C)c4c3SC(=C3SC(SCCOCCOCCOC)=C(SCCOCCOCCOC)S3)S4)c3c2SC(=C2SC(SCCOCCOCCOC)=C(SCCOCCOCCOC)S2)S3)c2c1SC(=C1SC(SCCOCCOCCOC)=C(SCCOCCOCCOC)S1)S2. The van der Waals surface area contributed by atoms with E-state index in [0.29, 0.717) is 198 Å². The van der Waals surface area contributed by atoms with E-state index in [0.717, 1.165) is 41.1 Å². The fraction of sp³-hybridized carbons (Fsp3) is 0.704. The third-order valence-corrected chi connectivity index (χ3v) is 44.0. The van der Waals surface area contributed by atoms with E-state index in [1.807, 2.05) is 212 Å². The van der Waals surface area contributed by atoms with Gasteiger partial charge in [-0.3, -0.25) is 0 Å². The topological polar surface area (TPSA) is 226 Å². The number of nitrogens with one attached hydrogen (secondary N) is 4. The largest absolute Gasteiger partial charge is 0.382 e. The van der Waals surface area contributed by atoms with Crippen LogP contribution in [0.1, 0.15) is 96.5 Å². The predicted octanol–water partition coefficient (Wildman–Crippen LogP) is 20.4. The molecule has 0 fully saturated rings. The second kappa shape index (κ2) is 58.2. The van der Waals surface area contributed by atoms with Gasteiger partial charge in [0.15, 0.2) is 0 Å². The predicted molar refractivity (Wildman–Crippen MR) is 531 cm³/mol. The van der Waals surface area contributed by atoms with Crippen molar-refractivity contribution >= 4 is 212 Å². The number of hydrogen-bond donors (Lipinski definition) is 4. The van der Waals surface area contributed by atoms with Crippen molar-refractivity contribution in [3.8, 4) is 0 Å². The Morgan fingerprint density at radius 3 is 0.612 bits per heavy atom. The molecule has 9 rings (SSSR count). The van der Waals surface area contributed by atoms with Gasteiger partial charge in [0.05, 0.1) is 249 Å². The Morgan fingerprint density at radius 2 is 0.405 bits per heavy atom. The molecule has 0 bridgehead atoms. The number of aromatic amines is 3. The smallest absolute Gasteiger partial charge is 0.0717 e. The first-order valence-electron chi connectivity index (χ1n) is 40.4. The van der Waals surface area contributed by atoms with Crippen LogP contribution in [0.15, 0.2) is 80.2 Å². The zero-order valence-corrected chi connectivity index (χ0v) is 87.6. The van der Waals surface area contributed by atoms with Crippen molar-refractivity contribution in [2.24, 2.45) is 0 Å². The summed E-state index contributed by atoms with van der Waals surface area (Å²) >= 11 is 34.3. The van der Waals surface area contributed by atoms with Crippen LogP contribution in [0.25, 0.3) is 0 Å². The van der Waals surface area contributed by atoms with Gasteiger partial charge in [-0.1, -0.05) is 176 Å². The minimum absolute atomic E-state index is 0.198. The Hall–Kier alpha value is 1.82. The Balaban J connectivity index is 1.06. The molecule has 0 saturated heterocycles. The van der Waals surface area contributed by atoms with Crippen LogP contribution in [0.2, 0.25) is 0 Å². The molecule has 9 heterocycles. The Labute approximate surface area is 796 Å². The third-order valence-electron chi connectivity index (χ3n) is 18.1. The first-order valence-corrected chi connectivity index (χ1v) is 56.1. The number of aromatic nitrogens is 3. The van der Waals surface area contributed by atoms with Gasteiger partial charge < -0.3 is 106 Å². The number of thioether (sulfide) groups is 18. The molecule has 22 nitrogen and oxygen atoms in total. The monoisotopic (exact) mass is 2020 g/mol. The highest BCUT2D eigenvalue weighted by Gasteiger charge is 2.48. The Bertz CT molecular complexity index is 3720. The average Bonchev–Trinajstić information content (AvgIpc) is 1.55. The molecule has 0 aromatic carbocycles. The number of hydrogen-bond acceptors (Lipinski definition) is 37. The second-order valence-electron chi connectivity index (χ2n) is 29.6. The van der Waals surface area contributed by atoms with Crippen LogP contribution in [0.5, 0.6) is 0 Å². The number of H-pyrrole nitrogens is 3. The maximum Gasteiger partial charge on any atom is 0.0717 e. The summed E-state index contributed by atoms with van der Waals surface area (Å²) in [5, 5.41) is 3.59. The van der Waals surface area contributed by atoms with Crippen LogP contribution in [0.3, 0.4) is 0 Å². The van der Waals surface area contributed by atoms with E-state index in [9.17, 15) is 0 Å². The van der Waals surface area contributed by atoms with Crippen molar-refractivity contribution in [1.82, 2.24) is 20.3 Å². The summed E-state index contributed by atoms with van der Waals surface area (Å²) in [6, 6.07) is 0. The quantitative estimate of drug-likeness (QED) is 0.0385. The molecule has 686 valence electrons. The summed E-state index contributed by atoms with van der Waals surface area (Å²) < 4.78 is 118. The lowest BCUT2D eigenvalue weighted by Crippen LogP contribution is -2.32. The summed E-state index contributed by atoms with van der Waals surface area (Å²) in [5.74, 6) is 4.93. The van der Waals surface area contributed by atoms with Gasteiger partial charge in [0, 0.05) is 169 Å². The molecule has 40 heteroatoms. The second-order valence-corrected chi connectivity index (χ2v) is 51.6. The van der Waals surface area contributed by atoms with Gasteiger partial charge in [0.2, 0.25) is 0 Å². The fourth-order valence-electron chi connectivity index (χ4n) is 11.9. The van der Waals surface area contributed by atoms with Crippen molar-refractivity contribution in [3.63, 3.8) is 0 Å². The van der Waals surface area contributed by atoms with Crippen LogP contribution in [-0.2, 0) is 107 Å². The van der Waals surface area contributed by atoms with E-state index < -0.39 is 10.8 Å². The van der Waals surface area contributed by atoms with Crippen molar-refractivity contribution in [2.75, 3.05) is 289 Å². The van der Waals surface area contributed by atoms with Gasteiger partial charge in [-0.05, 0) is 34.7 Å². The maximum absolute atomic E-state index is 6.15. The minimum atomic E-state index is -0.571. The molecule has 0 saturated carbocycles. The van der Waals surface area contributed by atoms with Crippen molar-refractivity contribution < 1.29 is 85.3 Å². The third kappa shape index (κ3) is 33.7. The molecule has 6 aliphatic rings. The van der Waals surface area contributed by atoms with E-state index in [2.05, 4.69) is 89.6 Å². The molecular weight excluding hydrogens is 1890 g/mol. The van der Waals surface area contributed by atoms with E-state index in [1.54, 1.807) is 42.7 Å². The van der Waals surface area contributed by atoms with Crippen LogP contribution in [-0.4, -0.2) is 304 Å². The van der Waals surface area contributed by atoms with Crippen LogP contribution in [0.4, 0.5) is 0 Å². The molecule has 6 aliphatic heterocycles. The summed E-state index contributed by atoms with van der Waals surface area (Å²) in [6.45, 7) is 39.2. The van der Waals surface area contributed by atoms with Crippen LogP contribution < -0.4 is 5.32 Å². The number of fused-ring (bicyclic) bond motifs is 3. The van der Waals surface area contributed by atoms with Gasteiger partial charge >= 0.3 is 0 Å². The summed E-state index contributed by atoms with van der Waals surface area (Å²) in [7, 11) is 12.2. The van der Waals surface area contributed by atoms with Crippen molar-refractivity contribution in [2.45, 2.75) is 113 Å². The average molecular weight is 2020 g/mol. The molecule has 0 radical (unpaired) electrons. The zero-order valence-electron chi connectivity index (χ0n) is 72.9. The standard InChI is InChI=1S/C81H126N4O18S18/c1-78(2,3)60-54-56(112-72(110-54)75-116-66(104-47-41-98-35-29-92-23-17-86-11)67(117-75)105-48-42-99-36-30-93-24-18-87-12)62(83-60)80(6,7)64-58-59(115-74(114-58)77-120-70(108-51-45-102-39-33-96-27-21-90-15)71(121-77)109-52-46-103-40-34-97-28-22-91-16)65(85-64)81(8,9)63-57-55(61(84-63)79(4,5)53-82-10)111-73(113-57)76-118-68(106-49-43-100-37-31-94-25-19-88-13)69(119-76)107-50-44-101-38-32-95-26-20-89-14/h82-85H,17-53H2,1-16H3. The number of likely N-dealkylation sites (N-methyl/N-ethyl adjacent to an activating group) is 1. The molecule has 3 aromatic heterocycles. The van der Waals surface area contributed by atoms with Gasteiger partial charge in [0.25, 0.3) is 0 Å². The van der Waals surface area contributed by atoms with Gasteiger partial charge in [0.1, 0.15) is 0 Å². The molecular formula is C81H126N4O18S18. The van der Waals surface area contributed by atoms with Crippen molar-refractivity contribution in [1.29, 1.82) is 0 Å². The van der Waals surface area contributed by atoms with Crippen LogP contribution in [0, 0.1) is 0 Å². The number of ether oxygens (including phenoxy) is 18. The highest BCUT2D eigenvalue weighted by Crippen LogP contribution is 2.71. The van der Waals surface area contributed by atoms with E-state index in [-0.39, 0.29) is 10.8 Å². The summed E-state index contributed by atoms with van der Waals surface area (Å²) in [5.41, 5.74) is 5.75. The zero-order chi connectivity index (χ0) is 86.3. The van der Waals surface area contributed by atoms with Gasteiger partial charge in [-0.25, -0.2) is 0 Å². The number of rotatable bonds is 67. The van der Waals surface area contributed by atoms with Gasteiger partial charge in [-0.15, -0.1) is 70.6 Å². The van der Waals surface area contributed by atoms with E-state index in [4.69, 9.17) is 85.3 Å². The first-order chi connectivity index (χ1) is 58.7. The summed E-state index contributed by atoms with van der Waals surface area (Å²) in [4.78, 5) is 20.7. The van der Waals surface area contributed by atoms with Crippen LogP contribution >= 0.6 is 212 Å². The van der Waals surface area contributed by atoms with E-state index in [1.165, 1.54) is 114 Å². The first kappa shape index (κ1) is 107. The molecule has 121 heavy (non-hydrogen) atoms. The van der Waals surface area contributed by atoms with Gasteiger partial charge in [-0.2, -0.15) is 0 Å². The molecule has 0 aliphatic carbocycles. The highest BCUT2D eigenvalue weighted by molar-refractivity contribution is 8.44. The molecule has 0 atom stereocenters. The molecule has 0 amide bonds. The molecule has 0 spiro atoms. The van der Waals surface area contributed by atoms with E-state index >= 15 is 0 Å². The Morgan fingerprint density at radius 1 is 0.231 bits per heavy atom. The normalized spacial score (nSPS) is 16.1. The number of methoxy groups -OCH3 is 6. The fourth-order valence-corrected chi connectivity index (χ4v) is 39.0. The molecule has 3 aromatic rings. The molecule has 4 N–H and O–H groups in total. The Kier molecular flexibility index (Phi) is 51.2. The lowest BCUT2D eigenvalue weighted by atomic mass is 9.85. The lowest BCUT2D eigenvalue weighted by molar-refractivity contribution is 0.0286. The minimum Gasteiger partial charge on any atom is -0.382 e.